The summed E-state index contributed by atoms with van der Waals surface area (Å²) in [6.07, 6.45) is 1.71. The Morgan fingerprint density at radius 3 is 2.30 bits per heavy atom. The summed E-state index contributed by atoms with van der Waals surface area (Å²) in [5, 5.41) is 6.34. The number of benzene rings is 4. The molecule has 0 saturated carbocycles. The summed E-state index contributed by atoms with van der Waals surface area (Å²) in [6, 6.07) is 26.2. The number of rotatable bonds is 2. The topological polar surface area (TPSA) is 25.8 Å². The van der Waals surface area contributed by atoms with E-state index in [0.29, 0.717) is 5.92 Å². The lowest BCUT2D eigenvalue weighted by molar-refractivity contribution is 0.876. The van der Waals surface area contributed by atoms with Crippen LogP contribution in [0.1, 0.15) is 25.3 Å². The van der Waals surface area contributed by atoms with Crippen molar-refractivity contribution < 1.29 is 0 Å². The Balaban J connectivity index is 1.70. The second kappa shape index (κ2) is 6.61. The number of hydrogen-bond donors (Lipinski definition) is 0. The molecule has 0 spiro atoms. The monoisotopic (exact) mass is 404 g/mol. The van der Waals surface area contributed by atoms with Crippen molar-refractivity contribution in [2.45, 2.75) is 19.8 Å². The summed E-state index contributed by atoms with van der Waals surface area (Å²) in [6.45, 7) is 4.51. The average molecular weight is 405 g/mol. The third-order valence-corrected chi connectivity index (χ3v) is 7.17. The highest BCUT2D eigenvalue weighted by atomic mass is 32.1. The van der Waals surface area contributed by atoms with Crippen molar-refractivity contribution in [3.05, 3.63) is 84.7 Å². The van der Waals surface area contributed by atoms with E-state index in [-0.39, 0.29) is 0 Å². The number of thiophene rings is 1. The van der Waals surface area contributed by atoms with Gasteiger partial charge in [-0.2, -0.15) is 0 Å². The van der Waals surface area contributed by atoms with Crippen molar-refractivity contribution in [1.29, 1.82) is 0 Å². The first kappa shape index (κ1) is 17.5. The zero-order chi connectivity index (χ0) is 20.2. The Morgan fingerprint density at radius 1 is 0.700 bits per heavy atom. The molecule has 2 aromatic heterocycles. The van der Waals surface area contributed by atoms with E-state index in [9.17, 15) is 0 Å². The second-order valence-corrected chi connectivity index (χ2v) is 9.13. The number of hydrogen-bond acceptors (Lipinski definition) is 3. The third-order valence-electron chi connectivity index (χ3n) is 5.93. The van der Waals surface area contributed by atoms with Crippen molar-refractivity contribution in [2.75, 3.05) is 0 Å². The Hall–Kier alpha value is -3.30. The molecule has 3 heteroatoms. The first-order chi connectivity index (χ1) is 14.7. The van der Waals surface area contributed by atoms with Gasteiger partial charge in [0, 0.05) is 15.6 Å². The Labute approximate surface area is 178 Å². The van der Waals surface area contributed by atoms with Gasteiger partial charge >= 0.3 is 0 Å². The van der Waals surface area contributed by atoms with Crippen LogP contribution in [0, 0.1) is 0 Å². The maximum Gasteiger partial charge on any atom is 0.116 e. The fourth-order valence-electron chi connectivity index (χ4n) is 4.46. The van der Waals surface area contributed by atoms with Crippen LogP contribution < -0.4 is 0 Å². The highest BCUT2D eigenvalue weighted by Crippen LogP contribution is 2.42. The van der Waals surface area contributed by atoms with Crippen LogP contribution in [0.5, 0.6) is 0 Å². The first-order valence-corrected chi connectivity index (χ1v) is 11.1. The molecule has 0 amide bonds. The van der Waals surface area contributed by atoms with E-state index in [0.717, 1.165) is 15.9 Å². The van der Waals surface area contributed by atoms with Crippen molar-refractivity contribution in [3.8, 4) is 11.3 Å². The van der Waals surface area contributed by atoms with E-state index in [4.69, 9.17) is 4.98 Å². The molecule has 0 aliphatic heterocycles. The first-order valence-electron chi connectivity index (χ1n) is 10.3. The molecule has 6 aromatic rings. The molecule has 0 aliphatic rings. The van der Waals surface area contributed by atoms with Crippen molar-refractivity contribution in [1.82, 2.24) is 9.97 Å². The molecule has 144 valence electrons. The Morgan fingerprint density at radius 2 is 1.47 bits per heavy atom. The van der Waals surface area contributed by atoms with Gasteiger partial charge < -0.3 is 0 Å². The lowest BCUT2D eigenvalue weighted by Crippen LogP contribution is -1.93. The van der Waals surface area contributed by atoms with Crippen LogP contribution in [0.3, 0.4) is 0 Å². The molecule has 0 radical (unpaired) electrons. The third kappa shape index (κ3) is 2.55. The minimum Gasteiger partial charge on any atom is -0.235 e. The number of fused-ring (bicyclic) bond motifs is 6. The molecule has 4 aromatic carbocycles. The van der Waals surface area contributed by atoms with E-state index >= 15 is 0 Å². The van der Waals surface area contributed by atoms with Gasteiger partial charge in [-0.25, -0.2) is 9.97 Å². The molecule has 30 heavy (non-hydrogen) atoms. The summed E-state index contributed by atoms with van der Waals surface area (Å²) >= 11 is 1.81. The molecule has 0 saturated heterocycles. The maximum absolute atomic E-state index is 4.76. The van der Waals surface area contributed by atoms with Crippen molar-refractivity contribution >= 4 is 53.2 Å². The lowest BCUT2D eigenvalue weighted by atomic mass is 9.92. The summed E-state index contributed by atoms with van der Waals surface area (Å²) in [7, 11) is 0. The fraction of sp³-hybridized carbons (Fsp3) is 0.111. The van der Waals surface area contributed by atoms with Gasteiger partial charge in [-0.1, -0.05) is 74.5 Å². The summed E-state index contributed by atoms with van der Waals surface area (Å²) in [5.74, 6) is 0.443. The summed E-state index contributed by atoms with van der Waals surface area (Å²) in [5.41, 5.74) is 4.60. The maximum atomic E-state index is 4.76. The van der Waals surface area contributed by atoms with Gasteiger partial charge in [0.05, 0.1) is 15.9 Å². The highest BCUT2D eigenvalue weighted by Gasteiger charge is 2.16. The van der Waals surface area contributed by atoms with E-state index in [2.05, 4.69) is 91.6 Å². The van der Waals surface area contributed by atoms with E-state index < -0.39 is 0 Å². The molecular weight excluding hydrogens is 384 g/mol. The van der Waals surface area contributed by atoms with Crippen molar-refractivity contribution in [3.63, 3.8) is 0 Å². The standard InChI is InChI=1S/C27H20N2S/c1-16(2)23-14-19(13-18-8-4-5-9-20(18)23)24-27-25(29-15-28-24)22-12-11-17-7-3-6-10-21(17)26(22)30-27/h3-16H,1-2H3. The summed E-state index contributed by atoms with van der Waals surface area (Å²) < 4.78 is 2.45. The molecule has 0 N–H and O–H groups in total. The largest absolute Gasteiger partial charge is 0.235 e. The molecule has 0 atom stereocenters. The van der Waals surface area contributed by atoms with Crippen LogP contribution in [0.2, 0.25) is 0 Å². The van der Waals surface area contributed by atoms with Gasteiger partial charge in [0.2, 0.25) is 0 Å². The molecular formula is C27H20N2S. The van der Waals surface area contributed by atoms with Gasteiger partial charge in [-0.05, 0) is 45.2 Å². The average Bonchev–Trinajstić information content (AvgIpc) is 3.17. The molecule has 6 rings (SSSR count). The van der Waals surface area contributed by atoms with Crippen LogP contribution in [-0.4, -0.2) is 9.97 Å². The summed E-state index contributed by atoms with van der Waals surface area (Å²) in [4.78, 5) is 9.44. The van der Waals surface area contributed by atoms with Crippen LogP contribution in [0.25, 0.3) is 53.1 Å². The SMILES string of the molecule is CC(C)c1cc(-c2ncnc3c2sc2c4ccccc4ccc32)cc2ccccc12. The van der Waals surface area contributed by atoms with Crippen LogP contribution in [-0.2, 0) is 0 Å². The highest BCUT2D eigenvalue weighted by molar-refractivity contribution is 7.27. The molecule has 0 aliphatic carbocycles. The van der Waals surface area contributed by atoms with Gasteiger partial charge in [0.15, 0.2) is 0 Å². The Bertz CT molecular complexity index is 1580. The molecule has 0 fully saturated rings. The van der Waals surface area contributed by atoms with Crippen LogP contribution in [0.4, 0.5) is 0 Å². The van der Waals surface area contributed by atoms with E-state index in [1.165, 1.54) is 42.8 Å². The van der Waals surface area contributed by atoms with Gasteiger partial charge in [-0.15, -0.1) is 11.3 Å². The minimum atomic E-state index is 0.443. The molecule has 2 heterocycles. The van der Waals surface area contributed by atoms with E-state index in [1.807, 2.05) is 11.3 Å². The van der Waals surface area contributed by atoms with Crippen LogP contribution >= 0.6 is 11.3 Å². The molecule has 2 nitrogen and oxygen atoms in total. The number of aromatic nitrogens is 2. The Kier molecular flexibility index (Phi) is 3.87. The van der Waals surface area contributed by atoms with Gasteiger partial charge in [0.1, 0.15) is 6.33 Å². The van der Waals surface area contributed by atoms with Crippen LogP contribution in [0.15, 0.2) is 79.1 Å². The zero-order valence-corrected chi connectivity index (χ0v) is 17.7. The lowest BCUT2D eigenvalue weighted by Gasteiger charge is -2.13. The number of nitrogens with zero attached hydrogens (tertiary/aromatic N) is 2. The predicted molar refractivity (Wildman–Crippen MR) is 129 cm³/mol. The normalized spacial score (nSPS) is 12.0. The second-order valence-electron chi connectivity index (χ2n) is 8.11. The van der Waals surface area contributed by atoms with Gasteiger partial charge in [0.25, 0.3) is 0 Å². The fourth-order valence-corrected chi connectivity index (χ4v) is 5.77. The van der Waals surface area contributed by atoms with Crippen molar-refractivity contribution in [2.24, 2.45) is 0 Å². The molecule has 0 bridgehead atoms. The predicted octanol–water partition coefficient (Wildman–Crippen LogP) is 7.94. The smallest absolute Gasteiger partial charge is 0.116 e. The zero-order valence-electron chi connectivity index (χ0n) is 16.9. The van der Waals surface area contributed by atoms with E-state index in [1.54, 1.807) is 6.33 Å². The van der Waals surface area contributed by atoms with Gasteiger partial charge in [-0.3, -0.25) is 0 Å². The molecule has 0 unspecified atom stereocenters. The quantitative estimate of drug-likeness (QED) is 0.293. The minimum absolute atomic E-state index is 0.443.